The Morgan fingerprint density at radius 2 is 1.76 bits per heavy atom. The molecule has 6 N–H and O–H groups in total. The van der Waals surface area contributed by atoms with E-state index in [1.54, 1.807) is 0 Å². The Balaban J connectivity index is 1.75. The summed E-state index contributed by atoms with van der Waals surface area (Å²) < 4.78 is 12.1. The van der Waals surface area contributed by atoms with Crippen molar-refractivity contribution in [3.63, 3.8) is 0 Å². The van der Waals surface area contributed by atoms with Crippen LogP contribution in [0.2, 0.25) is 0 Å². The third-order valence-corrected chi connectivity index (χ3v) is 9.34. The lowest BCUT2D eigenvalue weighted by Gasteiger charge is -2.64. The normalized spacial score (nSPS) is 52.8. The molecule has 0 aromatic carbocycles. The van der Waals surface area contributed by atoms with Crippen molar-refractivity contribution in [2.24, 2.45) is 28.1 Å². The lowest BCUT2D eigenvalue weighted by atomic mass is 9.43. The van der Waals surface area contributed by atoms with Crippen molar-refractivity contribution in [1.29, 1.82) is 0 Å². The van der Waals surface area contributed by atoms with E-state index >= 15 is 0 Å². The number of hydrogen-bond donors (Lipinski definition) is 6. The van der Waals surface area contributed by atoms with E-state index < -0.39 is 66.5 Å². The maximum absolute atomic E-state index is 11.4. The number of aliphatic hydroxyl groups is 6. The van der Waals surface area contributed by atoms with Crippen molar-refractivity contribution >= 4 is 0 Å². The molecule has 0 spiro atoms. The minimum Gasteiger partial charge on any atom is -0.394 e. The lowest BCUT2D eigenvalue weighted by molar-refractivity contribution is -0.329. The van der Waals surface area contributed by atoms with Gasteiger partial charge in [0.1, 0.15) is 24.4 Å². The molecule has 8 heteroatoms. The smallest absolute Gasteiger partial charge is 0.186 e. The van der Waals surface area contributed by atoms with Crippen LogP contribution in [0.15, 0.2) is 24.3 Å². The monoisotopic (exact) mass is 482 g/mol. The van der Waals surface area contributed by atoms with Gasteiger partial charge in [0, 0.05) is 16.7 Å². The van der Waals surface area contributed by atoms with Crippen molar-refractivity contribution < 1.29 is 40.1 Å². The fourth-order valence-electron chi connectivity index (χ4n) is 7.69. The largest absolute Gasteiger partial charge is 0.394 e. The van der Waals surface area contributed by atoms with Crippen LogP contribution >= 0.6 is 0 Å². The van der Waals surface area contributed by atoms with Gasteiger partial charge in [-0.1, -0.05) is 45.4 Å². The van der Waals surface area contributed by atoms with Gasteiger partial charge in [-0.2, -0.15) is 0 Å². The Labute approximate surface area is 201 Å². The van der Waals surface area contributed by atoms with Crippen molar-refractivity contribution in [1.82, 2.24) is 0 Å². The molecule has 1 saturated heterocycles. The molecule has 3 aliphatic carbocycles. The fourth-order valence-corrected chi connectivity index (χ4v) is 7.69. The third kappa shape index (κ3) is 4.00. The maximum atomic E-state index is 11.4. The minimum absolute atomic E-state index is 0.180. The van der Waals surface area contributed by atoms with Gasteiger partial charge in [0.25, 0.3) is 0 Å². The second kappa shape index (κ2) is 8.92. The summed E-state index contributed by atoms with van der Waals surface area (Å²) >= 11 is 0. The first-order valence-electron chi connectivity index (χ1n) is 12.5. The molecule has 0 radical (unpaired) electrons. The van der Waals surface area contributed by atoms with E-state index in [-0.39, 0.29) is 17.3 Å². The molecule has 4 rings (SSSR count). The summed E-state index contributed by atoms with van der Waals surface area (Å²) in [6.07, 6.45) is -2.23. The van der Waals surface area contributed by atoms with Gasteiger partial charge < -0.3 is 40.1 Å². The van der Waals surface area contributed by atoms with Crippen molar-refractivity contribution in [3.05, 3.63) is 24.3 Å². The van der Waals surface area contributed by atoms with Crippen LogP contribution in [-0.2, 0) is 9.47 Å². The highest BCUT2D eigenvalue weighted by molar-refractivity contribution is 5.31. The SMILES string of the molecule is C=C[C@@]1(C)C=C2C[C@H](O[C@@H]3O[C@H](CO)[C@@H](O)[C@H](O)[C@H]3O)[C@@H]3C(C)(C)CC[C@@H](O)[C@]3(C)[C@H]2[C@@H](O)C1. The van der Waals surface area contributed by atoms with E-state index in [1.165, 1.54) is 0 Å². The van der Waals surface area contributed by atoms with Crippen LogP contribution in [0.4, 0.5) is 0 Å². The molecule has 0 amide bonds. The molecule has 3 fully saturated rings. The van der Waals surface area contributed by atoms with E-state index in [9.17, 15) is 30.6 Å². The first-order chi connectivity index (χ1) is 15.8. The molecule has 0 bridgehead atoms. The van der Waals surface area contributed by atoms with Gasteiger partial charge in [-0.3, -0.25) is 0 Å². The molecule has 4 aliphatic rings. The molecule has 1 heterocycles. The summed E-state index contributed by atoms with van der Waals surface area (Å²) in [4.78, 5) is 0. The van der Waals surface area contributed by atoms with Crippen LogP contribution in [0.1, 0.15) is 53.4 Å². The molecule has 0 aromatic rings. The van der Waals surface area contributed by atoms with E-state index in [0.29, 0.717) is 19.3 Å². The Morgan fingerprint density at radius 1 is 1.09 bits per heavy atom. The highest BCUT2D eigenvalue weighted by Gasteiger charge is 2.64. The first-order valence-corrected chi connectivity index (χ1v) is 12.5. The Morgan fingerprint density at radius 3 is 2.38 bits per heavy atom. The summed E-state index contributed by atoms with van der Waals surface area (Å²) in [5.74, 6) is -0.421. The molecule has 8 nitrogen and oxygen atoms in total. The van der Waals surface area contributed by atoms with Gasteiger partial charge >= 0.3 is 0 Å². The highest BCUT2D eigenvalue weighted by atomic mass is 16.7. The lowest BCUT2D eigenvalue weighted by Crippen LogP contribution is -2.66. The third-order valence-electron chi connectivity index (χ3n) is 9.34. The van der Waals surface area contributed by atoms with Gasteiger partial charge in [0.15, 0.2) is 6.29 Å². The predicted molar refractivity (Wildman–Crippen MR) is 124 cm³/mol. The zero-order chi connectivity index (χ0) is 25.2. The van der Waals surface area contributed by atoms with Gasteiger partial charge in [0.05, 0.1) is 24.9 Å². The maximum Gasteiger partial charge on any atom is 0.186 e. The average molecular weight is 483 g/mol. The summed E-state index contributed by atoms with van der Waals surface area (Å²) in [6, 6.07) is 0. The molecular weight excluding hydrogens is 440 g/mol. The van der Waals surface area contributed by atoms with Crippen LogP contribution in [0.5, 0.6) is 0 Å². The number of hydrogen-bond acceptors (Lipinski definition) is 8. The fraction of sp³-hybridized carbons (Fsp3) is 0.846. The van der Waals surface area contributed by atoms with Gasteiger partial charge in [-0.05, 0) is 37.0 Å². The summed E-state index contributed by atoms with van der Waals surface area (Å²) in [5, 5.41) is 63.4. The number of aliphatic hydroxyl groups excluding tert-OH is 6. The van der Waals surface area contributed by atoms with Crippen LogP contribution in [0.3, 0.4) is 0 Å². The van der Waals surface area contributed by atoms with E-state index in [0.717, 1.165) is 12.0 Å². The summed E-state index contributed by atoms with van der Waals surface area (Å²) in [5.41, 5.74) is -0.327. The minimum atomic E-state index is -1.52. The van der Waals surface area contributed by atoms with Gasteiger partial charge in [-0.15, -0.1) is 6.58 Å². The predicted octanol–water partition coefficient (Wildman–Crippen LogP) is 0.878. The van der Waals surface area contributed by atoms with Crippen molar-refractivity contribution in [2.75, 3.05) is 6.61 Å². The summed E-state index contributed by atoms with van der Waals surface area (Å²) in [6.45, 7) is 11.8. The van der Waals surface area contributed by atoms with Crippen LogP contribution < -0.4 is 0 Å². The molecule has 0 aromatic heterocycles. The highest BCUT2D eigenvalue weighted by Crippen LogP contribution is 2.64. The molecular formula is C26H42O8. The first kappa shape index (κ1) is 26.2. The zero-order valence-electron chi connectivity index (χ0n) is 20.7. The standard InChI is InChI=1S/C26H42O8/c1-6-25(4)10-13-9-15(33-23-21(32)20(31)19(30)16(12-27)34-23)22-24(2,3)8-7-17(29)26(22,5)18(13)14(28)11-25/h6,10,14-23,27-32H,1,7-9,11-12H2,2-5H3/t14-,15-,16+,17+,18+,19+,20-,21+,22+,23+,25-,26+/m0/s1. The van der Waals surface area contributed by atoms with Crippen molar-refractivity contribution in [3.8, 4) is 0 Å². The zero-order valence-corrected chi connectivity index (χ0v) is 20.7. The number of fused-ring (bicyclic) bond motifs is 3. The molecule has 2 saturated carbocycles. The average Bonchev–Trinajstić information content (AvgIpc) is 2.76. The van der Waals surface area contributed by atoms with Crippen molar-refractivity contribution in [2.45, 2.75) is 102 Å². The van der Waals surface area contributed by atoms with Crippen LogP contribution in [-0.4, -0.2) is 86.3 Å². The molecule has 12 atom stereocenters. The summed E-state index contributed by atoms with van der Waals surface area (Å²) in [7, 11) is 0. The molecule has 0 unspecified atom stereocenters. The number of rotatable bonds is 4. The Hall–Kier alpha value is -0.840. The molecule has 34 heavy (non-hydrogen) atoms. The topological polar surface area (TPSA) is 140 Å². The Kier molecular flexibility index (Phi) is 6.88. The number of ether oxygens (including phenoxy) is 2. The van der Waals surface area contributed by atoms with Gasteiger partial charge in [-0.25, -0.2) is 0 Å². The number of allylic oxidation sites excluding steroid dienone is 2. The molecule has 194 valence electrons. The van der Waals surface area contributed by atoms with E-state index in [1.807, 2.05) is 19.9 Å². The molecule has 1 aliphatic heterocycles. The van der Waals surface area contributed by atoms with Crippen LogP contribution in [0.25, 0.3) is 0 Å². The quantitative estimate of drug-likeness (QED) is 0.325. The van der Waals surface area contributed by atoms with Crippen LogP contribution in [0, 0.1) is 28.1 Å². The Bertz CT molecular complexity index is 811. The van der Waals surface area contributed by atoms with Gasteiger partial charge in [0.2, 0.25) is 0 Å². The van der Waals surface area contributed by atoms with E-state index in [4.69, 9.17) is 9.47 Å². The second-order valence-corrected chi connectivity index (χ2v) is 12.1. The second-order valence-electron chi connectivity index (χ2n) is 12.1. The van der Waals surface area contributed by atoms with E-state index in [2.05, 4.69) is 26.5 Å².